The summed E-state index contributed by atoms with van der Waals surface area (Å²) >= 11 is 0. The molecule has 2 rings (SSSR count). The molecule has 1 N–H and O–H groups in total. The third kappa shape index (κ3) is 4.11. The van der Waals surface area contributed by atoms with Crippen LogP contribution in [0.2, 0.25) is 0 Å². The van der Waals surface area contributed by atoms with E-state index in [1.165, 1.54) is 38.3 Å². The van der Waals surface area contributed by atoms with Gasteiger partial charge in [0.1, 0.15) is 17.4 Å². The number of aliphatic imine (C=N–C) groups is 1. The molecule has 1 aliphatic carbocycles. The SMILES string of the molecule is C=C/N=C(\C(C#N)=C(/C)NCC1CCCCC1)c1ccco1. The maximum atomic E-state index is 9.52. The van der Waals surface area contributed by atoms with E-state index in [2.05, 4.69) is 23.0 Å². The molecule has 4 nitrogen and oxygen atoms in total. The monoisotopic (exact) mass is 297 g/mol. The molecule has 1 saturated carbocycles. The second kappa shape index (κ2) is 8.23. The summed E-state index contributed by atoms with van der Waals surface area (Å²) in [5, 5.41) is 12.9. The molecule has 1 aromatic heterocycles. The molecule has 4 heteroatoms. The first-order valence-corrected chi connectivity index (χ1v) is 7.84. The Morgan fingerprint density at radius 1 is 1.50 bits per heavy atom. The topological polar surface area (TPSA) is 61.3 Å². The van der Waals surface area contributed by atoms with E-state index >= 15 is 0 Å². The van der Waals surface area contributed by atoms with Gasteiger partial charge < -0.3 is 9.73 Å². The average molecular weight is 297 g/mol. The highest BCUT2D eigenvalue weighted by atomic mass is 16.3. The van der Waals surface area contributed by atoms with Crippen LogP contribution in [0.1, 0.15) is 44.8 Å². The highest BCUT2D eigenvalue weighted by Gasteiger charge is 2.17. The Kier molecular flexibility index (Phi) is 6.02. The van der Waals surface area contributed by atoms with Gasteiger partial charge in [0, 0.05) is 18.4 Å². The van der Waals surface area contributed by atoms with E-state index in [1.807, 2.05) is 6.92 Å². The van der Waals surface area contributed by atoms with Gasteiger partial charge in [0.2, 0.25) is 0 Å². The molecule has 0 bridgehead atoms. The molecule has 0 amide bonds. The van der Waals surface area contributed by atoms with Gasteiger partial charge in [0.05, 0.1) is 6.26 Å². The third-order valence-corrected chi connectivity index (χ3v) is 4.08. The van der Waals surface area contributed by atoms with Crippen molar-refractivity contribution in [3.05, 3.63) is 48.2 Å². The van der Waals surface area contributed by atoms with E-state index in [0.29, 0.717) is 23.0 Å². The molecule has 0 unspecified atom stereocenters. The van der Waals surface area contributed by atoms with Gasteiger partial charge in [-0.05, 0) is 37.8 Å². The molecule has 1 aliphatic rings. The minimum absolute atomic E-state index is 0.505. The first kappa shape index (κ1) is 16.1. The van der Waals surface area contributed by atoms with E-state index in [-0.39, 0.29) is 0 Å². The predicted octanol–water partition coefficient (Wildman–Crippen LogP) is 4.18. The molecule has 0 spiro atoms. The lowest BCUT2D eigenvalue weighted by Crippen LogP contribution is -2.25. The van der Waals surface area contributed by atoms with Crippen molar-refractivity contribution in [2.75, 3.05) is 6.54 Å². The fourth-order valence-electron chi connectivity index (χ4n) is 2.85. The second-order valence-corrected chi connectivity index (χ2v) is 5.63. The van der Waals surface area contributed by atoms with Crippen molar-refractivity contribution in [1.82, 2.24) is 5.32 Å². The zero-order valence-corrected chi connectivity index (χ0v) is 13.1. The van der Waals surface area contributed by atoms with Crippen molar-refractivity contribution >= 4 is 5.71 Å². The standard InChI is InChI=1S/C18H23N3O/c1-3-20-18(17-10-7-11-22-17)16(12-19)14(2)21-13-15-8-5-4-6-9-15/h3,7,10-11,15,21H,1,4-6,8-9,13H2,2H3/b16-14+,20-18+. The van der Waals surface area contributed by atoms with E-state index in [4.69, 9.17) is 4.42 Å². The Bertz CT molecular complexity index is 584. The first-order valence-electron chi connectivity index (χ1n) is 7.84. The molecule has 1 fully saturated rings. The molecular weight excluding hydrogens is 274 g/mol. The number of nitrogens with zero attached hydrogens (tertiary/aromatic N) is 2. The van der Waals surface area contributed by atoms with Gasteiger partial charge in [-0.15, -0.1) is 0 Å². The van der Waals surface area contributed by atoms with Gasteiger partial charge in [-0.3, -0.25) is 4.99 Å². The molecule has 1 heterocycles. The number of furan rings is 1. The summed E-state index contributed by atoms with van der Waals surface area (Å²) in [6.07, 6.45) is 9.54. The van der Waals surface area contributed by atoms with Gasteiger partial charge in [0.15, 0.2) is 5.76 Å². The zero-order chi connectivity index (χ0) is 15.8. The van der Waals surface area contributed by atoms with Crippen LogP contribution in [0.15, 0.2) is 51.9 Å². The fourth-order valence-corrected chi connectivity index (χ4v) is 2.85. The number of nitrogens with one attached hydrogen (secondary N) is 1. The van der Waals surface area contributed by atoms with Crippen molar-refractivity contribution in [2.24, 2.45) is 10.9 Å². The quantitative estimate of drug-likeness (QED) is 0.633. The van der Waals surface area contributed by atoms with Gasteiger partial charge in [-0.2, -0.15) is 5.26 Å². The van der Waals surface area contributed by atoms with Crippen LogP contribution in [-0.4, -0.2) is 12.3 Å². The van der Waals surface area contributed by atoms with Crippen LogP contribution in [0, 0.1) is 17.2 Å². The third-order valence-electron chi connectivity index (χ3n) is 4.08. The van der Waals surface area contributed by atoms with Gasteiger partial charge in [-0.1, -0.05) is 25.8 Å². The summed E-state index contributed by atoms with van der Waals surface area (Å²) in [5.74, 6) is 1.28. The smallest absolute Gasteiger partial charge is 0.153 e. The second-order valence-electron chi connectivity index (χ2n) is 5.63. The Hall–Kier alpha value is -2.28. The lowest BCUT2D eigenvalue weighted by atomic mass is 9.89. The maximum absolute atomic E-state index is 9.52. The highest BCUT2D eigenvalue weighted by molar-refractivity contribution is 6.14. The van der Waals surface area contributed by atoms with Crippen molar-refractivity contribution in [3.63, 3.8) is 0 Å². The Balaban J connectivity index is 2.14. The fraction of sp³-hybridized carbons (Fsp3) is 0.444. The predicted molar refractivity (Wildman–Crippen MR) is 88.3 cm³/mol. The largest absolute Gasteiger partial charge is 0.463 e. The normalized spacial score (nSPS) is 17.5. The molecule has 0 aliphatic heterocycles. The average Bonchev–Trinajstić information content (AvgIpc) is 3.08. The molecule has 1 aromatic rings. The van der Waals surface area contributed by atoms with Crippen molar-refractivity contribution in [2.45, 2.75) is 39.0 Å². The minimum Gasteiger partial charge on any atom is -0.463 e. The molecule has 0 atom stereocenters. The van der Waals surface area contributed by atoms with Gasteiger partial charge in [-0.25, -0.2) is 0 Å². The number of rotatable bonds is 6. The van der Waals surface area contributed by atoms with Crippen LogP contribution < -0.4 is 5.32 Å². The maximum Gasteiger partial charge on any atom is 0.153 e. The lowest BCUT2D eigenvalue weighted by molar-refractivity contribution is 0.351. The molecule has 0 aromatic carbocycles. The Morgan fingerprint density at radius 3 is 2.86 bits per heavy atom. The van der Waals surface area contributed by atoms with E-state index in [1.54, 1.807) is 18.4 Å². The van der Waals surface area contributed by atoms with E-state index < -0.39 is 0 Å². The first-order chi connectivity index (χ1) is 10.8. The van der Waals surface area contributed by atoms with E-state index in [0.717, 1.165) is 12.2 Å². The van der Waals surface area contributed by atoms with Gasteiger partial charge in [0.25, 0.3) is 0 Å². The number of hydrogen-bond donors (Lipinski definition) is 1. The number of nitriles is 1. The molecular formula is C18H23N3O. The van der Waals surface area contributed by atoms with Crippen molar-refractivity contribution in [3.8, 4) is 6.07 Å². The lowest BCUT2D eigenvalue weighted by Gasteiger charge is -2.22. The summed E-state index contributed by atoms with van der Waals surface area (Å²) in [6, 6.07) is 5.83. The Labute approximate surface area is 132 Å². The van der Waals surface area contributed by atoms with Crippen molar-refractivity contribution < 1.29 is 4.42 Å². The van der Waals surface area contributed by atoms with E-state index in [9.17, 15) is 5.26 Å². The zero-order valence-electron chi connectivity index (χ0n) is 13.1. The van der Waals surface area contributed by atoms with Crippen LogP contribution in [0.4, 0.5) is 0 Å². The number of hydrogen-bond acceptors (Lipinski definition) is 4. The highest BCUT2D eigenvalue weighted by Crippen LogP contribution is 2.23. The van der Waals surface area contributed by atoms with Crippen LogP contribution in [0.5, 0.6) is 0 Å². The van der Waals surface area contributed by atoms with Crippen LogP contribution in [-0.2, 0) is 0 Å². The molecule has 22 heavy (non-hydrogen) atoms. The molecule has 0 radical (unpaired) electrons. The van der Waals surface area contributed by atoms with Gasteiger partial charge >= 0.3 is 0 Å². The van der Waals surface area contributed by atoms with Crippen LogP contribution in [0.3, 0.4) is 0 Å². The van der Waals surface area contributed by atoms with Crippen molar-refractivity contribution in [1.29, 1.82) is 5.26 Å². The molecule has 116 valence electrons. The summed E-state index contributed by atoms with van der Waals surface area (Å²) < 4.78 is 5.38. The number of allylic oxidation sites excluding steroid dienone is 2. The summed E-state index contributed by atoms with van der Waals surface area (Å²) in [7, 11) is 0. The minimum atomic E-state index is 0.505. The molecule has 0 saturated heterocycles. The van der Waals surface area contributed by atoms with Crippen LogP contribution in [0.25, 0.3) is 0 Å². The summed E-state index contributed by atoms with van der Waals surface area (Å²) in [4.78, 5) is 4.22. The summed E-state index contributed by atoms with van der Waals surface area (Å²) in [5.41, 5.74) is 1.87. The van der Waals surface area contributed by atoms with Crippen LogP contribution >= 0.6 is 0 Å². The summed E-state index contributed by atoms with van der Waals surface area (Å²) in [6.45, 7) is 6.46. The Morgan fingerprint density at radius 2 is 2.27 bits per heavy atom.